The van der Waals surface area contributed by atoms with Crippen molar-refractivity contribution < 1.29 is 4.74 Å². The van der Waals surface area contributed by atoms with Gasteiger partial charge in [-0.3, -0.25) is 4.68 Å². The van der Waals surface area contributed by atoms with Gasteiger partial charge in [-0.1, -0.05) is 6.92 Å². The molecule has 102 valence electrons. The van der Waals surface area contributed by atoms with Gasteiger partial charge in [-0.05, 0) is 19.5 Å². The fourth-order valence-electron chi connectivity index (χ4n) is 2.06. The lowest BCUT2D eigenvalue weighted by Gasteiger charge is -2.17. The number of hydrogen-bond donors (Lipinski definition) is 1. The lowest BCUT2D eigenvalue weighted by molar-refractivity contribution is 0.398. The number of aryl methyl sites for hydroxylation is 1. The molecule has 0 radical (unpaired) electrons. The van der Waals surface area contributed by atoms with Crippen molar-refractivity contribution in [2.75, 3.05) is 14.2 Å². The van der Waals surface area contributed by atoms with E-state index < -0.39 is 0 Å². The van der Waals surface area contributed by atoms with Gasteiger partial charge < -0.3 is 10.1 Å². The van der Waals surface area contributed by atoms with Gasteiger partial charge in [-0.15, -0.1) is 0 Å². The molecule has 2 rings (SSSR count). The first-order chi connectivity index (χ1) is 9.31. The van der Waals surface area contributed by atoms with Crippen molar-refractivity contribution in [2.24, 2.45) is 0 Å². The van der Waals surface area contributed by atoms with E-state index in [4.69, 9.17) is 4.74 Å². The van der Waals surface area contributed by atoms with E-state index in [-0.39, 0.29) is 6.04 Å². The molecule has 0 fully saturated rings. The molecule has 6 nitrogen and oxygen atoms in total. The minimum Gasteiger partial charge on any atom is -0.493 e. The molecule has 1 atom stereocenters. The van der Waals surface area contributed by atoms with Gasteiger partial charge >= 0.3 is 0 Å². The van der Waals surface area contributed by atoms with Crippen molar-refractivity contribution in [1.29, 1.82) is 0 Å². The number of nitrogens with zero attached hydrogens (tertiary/aromatic N) is 4. The molecule has 0 saturated carbocycles. The highest BCUT2D eigenvalue weighted by atomic mass is 16.5. The molecule has 0 spiro atoms. The molecule has 0 aromatic carbocycles. The summed E-state index contributed by atoms with van der Waals surface area (Å²) in [7, 11) is 3.53. The predicted octanol–water partition coefficient (Wildman–Crippen LogP) is 1.40. The fraction of sp³-hybridized carbons (Fsp3) is 0.462. The number of nitrogens with one attached hydrogen (secondary N) is 1. The Morgan fingerprint density at radius 2 is 2.11 bits per heavy atom. The first-order valence-corrected chi connectivity index (χ1v) is 6.35. The van der Waals surface area contributed by atoms with E-state index >= 15 is 0 Å². The Balaban J connectivity index is 2.45. The van der Waals surface area contributed by atoms with Crippen LogP contribution in [0.15, 0.2) is 24.7 Å². The van der Waals surface area contributed by atoms with Gasteiger partial charge in [0, 0.05) is 18.9 Å². The Morgan fingerprint density at radius 3 is 2.68 bits per heavy atom. The zero-order valence-corrected chi connectivity index (χ0v) is 11.5. The van der Waals surface area contributed by atoms with Crippen molar-refractivity contribution in [3.05, 3.63) is 36.2 Å². The van der Waals surface area contributed by atoms with Crippen LogP contribution in [0.25, 0.3) is 0 Å². The minimum absolute atomic E-state index is 0.134. The average Bonchev–Trinajstić information content (AvgIpc) is 2.85. The predicted molar refractivity (Wildman–Crippen MR) is 72.0 cm³/mol. The van der Waals surface area contributed by atoms with Gasteiger partial charge in [-0.2, -0.15) is 5.10 Å². The van der Waals surface area contributed by atoms with Crippen molar-refractivity contribution in [3.8, 4) is 5.75 Å². The third kappa shape index (κ3) is 2.73. The highest BCUT2D eigenvalue weighted by Crippen LogP contribution is 2.28. The Hall–Kier alpha value is -1.95. The smallest absolute Gasteiger partial charge is 0.162 e. The molecule has 0 aliphatic rings. The van der Waals surface area contributed by atoms with Crippen LogP contribution >= 0.6 is 0 Å². The quantitative estimate of drug-likeness (QED) is 0.851. The van der Waals surface area contributed by atoms with E-state index in [1.54, 1.807) is 31.8 Å². The van der Waals surface area contributed by atoms with Crippen LogP contribution in [-0.2, 0) is 6.54 Å². The summed E-state index contributed by atoms with van der Waals surface area (Å²) in [6.45, 7) is 2.95. The molecule has 1 unspecified atom stereocenters. The van der Waals surface area contributed by atoms with E-state index in [0.717, 1.165) is 24.4 Å². The molecule has 0 bridgehead atoms. The monoisotopic (exact) mass is 261 g/mol. The van der Waals surface area contributed by atoms with Crippen LogP contribution in [0.5, 0.6) is 5.75 Å². The first kappa shape index (κ1) is 13.5. The van der Waals surface area contributed by atoms with Crippen molar-refractivity contribution in [1.82, 2.24) is 25.1 Å². The summed E-state index contributed by atoms with van der Waals surface area (Å²) in [6.07, 6.45) is 6.21. The molecule has 2 aromatic heterocycles. The number of ether oxygens (including phenoxy) is 1. The second kappa shape index (κ2) is 6.29. The van der Waals surface area contributed by atoms with Gasteiger partial charge in [0.2, 0.25) is 0 Å². The summed E-state index contributed by atoms with van der Waals surface area (Å²) in [5.74, 6) is 1.46. The number of hydrogen-bond acceptors (Lipinski definition) is 5. The molecule has 0 aliphatic heterocycles. The van der Waals surface area contributed by atoms with Crippen LogP contribution in [-0.4, -0.2) is 33.9 Å². The van der Waals surface area contributed by atoms with Crippen LogP contribution in [0.4, 0.5) is 0 Å². The molecule has 2 heterocycles. The van der Waals surface area contributed by atoms with E-state index in [1.165, 1.54) is 0 Å². The number of aromatic nitrogens is 4. The maximum absolute atomic E-state index is 5.40. The molecule has 0 aliphatic carbocycles. The summed E-state index contributed by atoms with van der Waals surface area (Å²) in [5.41, 5.74) is 0.957. The summed E-state index contributed by atoms with van der Waals surface area (Å²) in [4.78, 5) is 8.62. The van der Waals surface area contributed by atoms with Crippen molar-refractivity contribution in [3.63, 3.8) is 0 Å². The SMILES string of the molecule is CCCn1ncc(OC)c1C(NC)c1ncccn1. The summed E-state index contributed by atoms with van der Waals surface area (Å²) < 4.78 is 7.34. The van der Waals surface area contributed by atoms with E-state index in [9.17, 15) is 0 Å². The average molecular weight is 261 g/mol. The zero-order valence-electron chi connectivity index (χ0n) is 11.5. The van der Waals surface area contributed by atoms with E-state index in [1.807, 2.05) is 11.7 Å². The molecule has 2 aromatic rings. The van der Waals surface area contributed by atoms with E-state index in [2.05, 4.69) is 27.3 Å². The van der Waals surface area contributed by atoms with Crippen LogP contribution in [0.2, 0.25) is 0 Å². The molecule has 1 N–H and O–H groups in total. The second-order valence-corrected chi connectivity index (χ2v) is 4.15. The Morgan fingerprint density at radius 1 is 1.37 bits per heavy atom. The van der Waals surface area contributed by atoms with Crippen molar-refractivity contribution >= 4 is 0 Å². The second-order valence-electron chi connectivity index (χ2n) is 4.15. The molecular weight excluding hydrogens is 242 g/mol. The summed E-state index contributed by atoms with van der Waals surface area (Å²) >= 11 is 0. The normalized spacial score (nSPS) is 12.4. The molecule has 0 saturated heterocycles. The van der Waals surface area contributed by atoms with Crippen LogP contribution in [0.3, 0.4) is 0 Å². The van der Waals surface area contributed by atoms with Gasteiger partial charge in [0.1, 0.15) is 11.7 Å². The highest BCUT2D eigenvalue weighted by Gasteiger charge is 2.24. The van der Waals surface area contributed by atoms with Crippen molar-refractivity contribution in [2.45, 2.75) is 25.9 Å². The highest BCUT2D eigenvalue weighted by molar-refractivity contribution is 5.32. The Labute approximate surface area is 112 Å². The first-order valence-electron chi connectivity index (χ1n) is 6.35. The third-order valence-corrected chi connectivity index (χ3v) is 2.91. The van der Waals surface area contributed by atoms with Gasteiger partial charge in [0.15, 0.2) is 11.6 Å². The fourth-order valence-corrected chi connectivity index (χ4v) is 2.06. The maximum atomic E-state index is 5.40. The topological polar surface area (TPSA) is 64.9 Å². The number of rotatable bonds is 6. The standard InChI is InChI=1S/C13H19N5O/c1-4-8-18-12(10(19-3)9-17-18)11(14-2)13-15-6-5-7-16-13/h5-7,9,11,14H,4,8H2,1-3H3. The molecule has 0 amide bonds. The maximum Gasteiger partial charge on any atom is 0.162 e. The Kier molecular flexibility index (Phi) is 4.46. The molecule has 19 heavy (non-hydrogen) atoms. The summed E-state index contributed by atoms with van der Waals surface area (Å²) in [5, 5.41) is 7.60. The lowest BCUT2D eigenvalue weighted by atomic mass is 10.1. The Bertz CT molecular complexity index is 511. The minimum atomic E-state index is -0.134. The summed E-state index contributed by atoms with van der Waals surface area (Å²) in [6, 6.07) is 1.67. The largest absolute Gasteiger partial charge is 0.493 e. The van der Waals surface area contributed by atoms with Gasteiger partial charge in [0.25, 0.3) is 0 Å². The number of methoxy groups -OCH3 is 1. The molecule has 6 heteroatoms. The lowest BCUT2D eigenvalue weighted by Crippen LogP contribution is -2.24. The van der Waals surface area contributed by atoms with Crippen LogP contribution < -0.4 is 10.1 Å². The van der Waals surface area contributed by atoms with Gasteiger partial charge in [-0.25, -0.2) is 9.97 Å². The van der Waals surface area contributed by atoms with Crippen LogP contribution in [0, 0.1) is 0 Å². The zero-order chi connectivity index (χ0) is 13.7. The van der Waals surface area contributed by atoms with Gasteiger partial charge in [0.05, 0.1) is 13.3 Å². The third-order valence-electron chi connectivity index (χ3n) is 2.91. The molecular formula is C13H19N5O. The van der Waals surface area contributed by atoms with Crippen LogP contribution in [0.1, 0.15) is 30.9 Å². The van der Waals surface area contributed by atoms with E-state index in [0.29, 0.717) is 5.82 Å².